The highest BCUT2D eigenvalue weighted by Crippen LogP contribution is 2.08. The minimum Gasteiger partial charge on any atom is -0.481 e. The molecular formula is C22H34O2. The van der Waals surface area contributed by atoms with Gasteiger partial charge in [-0.25, -0.2) is 0 Å². The van der Waals surface area contributed by atoms with Crippen LogP contribution in [0.3, 0.4) is 0 Å². The third kappa shape index (κ3) is 20.2. The van der Waals surface area contributed by atoms with E-state index in [0.29, 0.717) is 6.42 Å². The maximum atomic E-state index is 10.4. The first-order valence-corrected chi connectivity index (χ1v) is 9.37. The largest absolute Gasteiger partial charge is 0.481 e. The number of carboxylic acids is 1. The second-order valence-corrected chi connectivity index (χ2v) is 5.86. The van der Waals surface area contributed by atoms with E-state index in [4.69, 9.17) is 5.11 Å². The normalized spacial score (nSPS) is 11.4. The van der Waals surface area contributed by atoms with E-state index in [1.807, 2.05) is 18.2 Å². The van der Waals surface area contributed by atoms with E-state index in [0.717, 1.165) is 44.9 Å². The zero-order valence-corrected chi connectivity index (χ0v) is 15.3. The average molecular weight is 331 g/mol. The van der Waals surface area contributed by atoms with Gasteiger partial charge in [-0.3, -0.25) is 4.79 Å². The number of hydrogen-bond acceptors (Lipinski definition) is 1. The van der Waals surface area contributed by atoms with Crippen molar-refractivity contribution in [2.75, 3.05) is 0 Å². The number of carboxylic acid groups (broad SMARTS) is 1. The van der Waals surface area contributed by atoms with Crippen LogP contribution in [0.5, 0.6) is 0 Å². The van der Waals surface area contributed by atoms with Gasteiger partial charge in [-0.05, 0) is 50.7 Å². The number of rotatable bonds is 15. The van der Waals surface area contributed by atoms with Gasteiger partial charge in [-0.15, -0.1) is 5.73 Å². The quantitative estimate of drug-likeness (QED) is 0.156. The summed E-state index contributed by atoms with van der Waals surface area (Å²) in [6.07, 6.45) is 28.1. The monoisotopic (exact) mass is 330 g/mol. The Hall–Kier alpha value is -1.79. The van der Waals surface area contributed by atoms with Crippen LogP contribution in [0.4, 0.5) is 0 Å². The molecule has 0 heterocycles. The van der Waals surface area contributed by atoms with Crippen LogP contribution < -0.4 is 0 Å². The van der Waals surface area contributed by atoms with E-state index in [9.17, 15) is 4.79 Å². The Morgan fingerprint density at radius 3 is 2.29 bits per heavy atom. The van der Waals surface area contributed by atoms with Crippen LogP contribution in [0.25, 0.3) is 0 Å². The fourth-order valence-corrected chi connectivity index (χ4v) is 2.21. The van der Waals surface area contributed by atoms with Crippen molar-refractivity contribution in [3.05, 3.63) is 54.3 Å². The molecule has 0 radical (unpaired) electrons. The number of carbonyl (C=O) groups is 1. The molecule has 0 unspecified atom stereocenters. The number of allylic oxidation sites excluding steroid dienone is 7. The van der Waals surface area contributed by atoms with Crippen molar-refractivity contribution in [3.8, 4) is 0 Å². The highest BCUT2D eigenvalue weighted by atomic mass is 16.4. The summed E-state index contributed by atoms with van der Waals surface area (Å²) < 4.78 is 0. The molecule has 24 heavy (non-hydrogen) atoms. The molecule has 0 bridgehead atoms. The Morgan fingerprint density at radius 1 is 0.833 bits per heavy atom. The summed E-state index contributed by atoms with van der Waals surface area (Å²) in [5.74, 6) is -0.680. The molecule has 0 aliphatic carbocycles. The van der Waals surface area contributed by atoms with Gasteiger partial charge in [-0.1, -0.05) is 69.1 Å². The predicted octanol–water partition coefficient (Wildman–Crippen LogP) is 6.76. The molecule has 0 aromatic heterocycles. The van der Waals surface area contributed by atoms with Crippen molar-refractivity contribution in [3.63, 3.8) is 0 Å². The molecule has 134 valence electrons. The highest BCUT2D eigenvalue weighted by molar-refractivity contribution is 5.66. The van der Waals surface area contributed by atoms with Gasteiger partial charge in [0, 0.05) is 6.42 Å². The van der Waals surface area contributed by atoms with Gasteiger partial charge in [0.2, 0.25) is 0 Å². The number of aliphatic carboxylic acids is 1. The molecule has 0 saturated heterocycles. The second-order valence-electron chi connectivity index (χ2n) is 5.86. The molecule has 2 heteroatoms. The summed E-state index contributed by atoms with van der Waals surface area (Å²) in [6, 6.07) is 0. The summed E-state index contributed by atoms with van der Waals surface area (Å²) in [6.45, 7) is 2.15. The molecule has 0 fully saturated rings. The Morgan fingerprint density at radius 2 is 1.54 bits per heavy atom. The molecule has 0 amide bonds. The predicted molar refractivity (Wildman–Crippen MR) is 104 cm³/mol. The summed E-state index contributed by atoms with van der Waals surface area (Å²) >= 11 is 0. The molecule has 1 N–H and O–H groups in total. The van der Waals surface area contributed by atoms with Crippen molar-refractivity contribution in [2.24, 2.45) is 0 Å². The van der Waals surface area contributed by atoms with Crippen LogP contribution in [0, 0.1) is 0 Å². The van der Waals surface area contributed by atoms with Crippen molar-refractivity contribution in [2.45, 2.75) is 77.6 Å². The minimum atomic E-state index is -0.680. The second kappa shape index (κ2) is 19.3. The molecule has 0 saturated carbocycles. The lowest BCUT2D eigenvalue weighted by atomic mass is 10.1. The zero-order valence-electron chi connectivity index (χ0n) is 15.3. The number of hydrogen-bond donors (Lipinski definition) is 1. The van der Waals surface area contributed by atoms with Crippen LogP contribution in [0.1, 0.15) is 77.6 Å². The third-order valence-corrected chi connectivity index (χ3v) is 3.56. The Labute approximate surface area is 148 Å². The van der Waals surface area contributed by atoms with Crippen molar-refractivity contribution < 1.29 is 9.90 Å². The molecule has 2 nitrogen and oxygen atoms in total. The highest BCUT2D eigenvalue weighted by Gasteiger charge is 1.95. The van der Waals surface area contributed by atoms with Gasteiger partial charge in [0.15, 0.2) is 0 Å². The van der Waals surface area contributed by atoms with Gasteiger partial charge in [0.05, 0.1) is 0 Å². The molecule has 0 aromatic rings. The first kappa shape index (κ1) is 22.2. The molecule has 0 aliphatic heterocycles. The molecular weight excluding hydrogens is 296 g/mol. The Kier molecular flexibility index (Phi) is 17.8. The minimum absolute atomic E-state index is 0.312. The lowest BCUT2D eigenvalue weighted by Gasteiger charge is -1.98. The van der Waals surface area contributed by atoms with Crippen LogP contribution in [-0.4, -0.2) is 11.1 Å². The summed E-state index contributed by atoms with van der Waals surface area (Å²) in [5, 5.41) is 8.53. The summed E-state index contributed by atoms with van der Waals surface area (Å²) in [4.78, 5) is 10.4. The topological polar surface area (TPSA) is 37.3 Å². The third-order valence-electron chi connectivity index (χ3n) is 3.56. The first-order chi connectivity index (χ1) is 11.8. The first-order valence-electron chi connectivity index (χ1n) is 9.37. The van der Waals surface area contributed by atoms with Gasteiger partial charge in [-0.2, -0.15) is 0 Å². The molecule has 0 aromatic carbocycles. The Balaban J connectivity index is 3.44. The lowest BCUT2D eigenvalue weighted by molar-refractivity contribution is -0.137. The molecule has 0 aliphatic rings. The van der Waals surface area contributed by atoms with Crippen LogP contribution in [-0.2, 0) is 4.79 Å². The fraction of sp³-hybridized carbons (Fsp3) is 0.545. The fourth-order valence-electron chi connectivity index (χ4n) is 2.21. The summed E-state index contributed by atoms with van der Waals surface area (Å²) in [5.41, 5.74) is 3.18. The maximum absolute atomic E-state index is 10.4. The van der Waals surface area contributed by atoms with Crippen LogP contribution in [0.2, 0.25) is 0 Å². The van der Waals surface area contributed by atoms with Gasteiger partial charge in [0.25, 0.3) is 0 Å². The van der Waals surface area contributed by atoms with Crippen molar-refractivity contribution in [1.29, 1.82) is 0 Å². The van der Waals surface area contributed by atoms with Gasteiger partial charge >= 0.3 is 5.97 Å². The standard InChI is InChI=1S/C22H34O2/c1-2-3-4-5-6-7-8-9-10-11-12-13-14-15-16-17-18-19-20-21-22(23)24/h3-4,7-11,13H,2,5-6,14-21H2,1H3,(H,23,24)/b4-3+,8-7+,10-9+. The maximum Gasteiger partial charge on any atom is 0.303 e. The van der Waals surface area contributed by atoms with E-state index in [-0.39, 0.29) is 0 Å². The van der Waals surface area contributed by atoms with E-state index < -0.39 is 5.97 Å². The zero-order chi connectivity index (χ0) is 17.7. The van der Waals surface area contributed by atoms with Gasteiger partial charge in [0.1, 0.15) is 0 Å². The van der Waals surface area contributed by atoms with E-state index in [1.165, 1.54) is 19.3 Å². The van der Waals surface area contributed by atoms with Crippen molar-refractivity contribution in [1.82, 2.24) is 0 Å². The van der Waals surface area contributed by atoms with E-state index in [2.05, 4.69) is 43.0 Å². The van der Waals surface area contributed by atoms with E-state index in [1.54, 1.807) is 0 Å². The Bertz CT molecular complexity index is 435. The SMILES string of the molecule is CC/C=C/CC/C=C/C=C/C=C=CCCCCCCCCC(=O)O. The molecule has 0 atom stereocenters. The van der Waals surface area contributed by atoms with Gasteiger partial charge < -0.3 is 5.11 Å². The lowest BCUT2D eigenvalue weighted by Crippen LogP contribution is -1.93. The van der Waals surface area contributed by atoms with E-state index >= 15 is 0 Å². The molecule has 0 rings (SSSR count). The average Bonchev–Trinajstić information content (AvgIpc) is 2.56. The smallest absolute Gasteiger partial charge is 0.303 e. The van der Waals surface area contributed by atoms with Crippen LogP contribution >= 0.6 is 0 Å². The van der Waals surface area contributed by atoms with Crippen molar-refractivity contribution >= 4 is 5.97 Å². The molecule has 0 spiro atoms. The summed E-state index contributed by atoms with van der Waals surface area (Å²) in [7, 11) is 0. The number of unbranched alkanes of at least 4 members (excludes halogenated alkanes) is 7. The van der Waals surface area contributed by atoms with Crippen LogP contribution in [0.15, 0.2) is 54.3 Å².